The molecule has 2 N–H and O–H groups in total. The summed E-state index contributed by atoms with van der Waals surface area (Å²) in [6, 6.07) is 0. The third-order valence-corrected chi connectivity index (χ3v) is 3.06. The molecule has 0 aromatic heterocycles. The third-order valence-electron chi connectivity index (χ3n) is 3.06. The lowest BCUT2D eigenvalue weighted by Crippen LogP contribution is -2.47. The summed E-state index contributed by atoms with van der Waals surface area (Å²) in [5.41, 5.74) is 5.44. The maximum absolute atomic E-state index is 11.9. The molecule has 1 atom stereocenters. The molecule has 0 heterocycles. The van der Waals surface area contributed by atoms with E-state index in [0.29, 0.717) is 5.78 Å². The van der Waals surface area contributed by atoms with Gasteiger partial charge in [-0.25, -0.2) is 0 Å². The zero-order valence-electron chi connectivity index (χ0n) is 8.81. The lowest BCUT2D eigenvalue weighted by atomic mass is 9.84. The average molecular weight is 183 g/mol. The van der Waals surface area contributed by atoms with Gasteiger partial charge in [-0.2, -0.15) is 0 Å². The Balaban J connectivity index is 2.53. The number of rotatable bonds is 4. The molecule has 0 saturated heterocycles. The van der Waals surface area contributed by atoms with E-state index in [1.165, 1.54) is 12.8 Å². The Labute approximate surface area is 80.9 Å². The normalized spacial score (nSPS) is 23.0. The fraction of sp³-hybridized carbons (Fsp3) is 0.909. The minimum Gasteiger partial charge on any atom is -0.319 e. The van der Waals surface area contributed by atoms with Crippen molar-refractivity contribution in [3.05, 3.63) is 0 Å². The predicted octanol–water partition coefficient (Wildman–Crippen LogP) is 2.26. The first-order valence-electron chi connectivity index (χ1n) is 5.41. The van der Waals surface area contributed by atoms with Crippen molar-refractivity contribution in [3.63, 3.8) is 0 Å². The van der Waals surface area contributed by atoms with Gasteiger partial charge in [0.2, 0.25) is 0 Å². The molecule has 0 aliphatic heterocycles. The molecule has 1 rings (SSSR count). The molecule has 1 aliphatic rings. The van der Waals surface area contributed by atoms with E-state index in [1.807, 2.05) is 6.92 Å². The van der Waals surface area contributed by atoms with Crippen LogP contribution >= 0.6 is 0 Å². The fourth-order valence-corrected chi connectivity index (χ4v) is 2.30. The first kappa shape index (κ1) is 10.7. The molecule has 13 heavy (non-hydrogen) atoms. The van der Waals surface area contributed by atoms with Crippen LogP contribution in [0.1, 0.15) is 52.4 Å². The SMILES string of the molecule is CCCC(C)(N)C(=O)C1CCCC1. The Morgan fingerprint density at radius 1 is 1.46 bits per heavy atom. The highest BCUT2D eigenvalue weighted by atomic mass is 16.1. The second-order valence-electron chi connectivity index (χ2n) is 4.51. The largest absolute Gasteiger partial charge is 0.319 e. The lowest BCUT2D eigenvalue weighted by Gasteiger charge is -2.25. The summed E-state index contributed by atoms with van der Waals surface area (Å²) < 4.78 is 0. The number of nitrogens with two attached hydrogens (primary N) is 1. The quantitative estimate of drug-likeness (QED) is 0.726. The zero-order chi connectivity index (χ0) is 9.90. The standard InChI is InChI=1S/C11H21NO/c1-3-8-11(2,12)10(13)9-6-4-5-7-9/h9H,3-8,12H2,1-2H3. The Morgan fingerprint density at radius 2 is 2.00 bits per heavy atom. The highest BCUT2D eigenvalue weighted by molar-refractivity contribution is 5.89. The van der Waals surface area contributed by atoms with Gasteiger partial charge in [-0.05, 0) is 26.2 Å². The highest BCUT2D eigenvalue weighted by Gasteiger charge is 2.34. The summed E-state index contributed by atoms with van der Waals surface area (Å²) in [6.07, 6.45) is 6.36. The van der Waals surface area contributed by atoms with Gasteiger partial charge < -0.3 is 5.73 Å². The number of carbonyl (C=O) groups is 1. The number of Topliss-reactive ketones (excluding diaryl/α,β-unsaturated/α-hetero) is 1. The monoisotopic (exact) mass is 183 g/mol. The van der Waals surface area contributed by atoms with Crippen molar-refractivity contribution in [1.29, 1.82) is 0 Å². The number of hydrogen-bond acceptors (Lipinski definition) is 2. The van der Waals surface area contributed by atoms with Gasteiger partial charge in [0.25, 0.3) is 0 Å². The topological polar surface area (TPSA) is 43.1 Å². The third kappa shape index (κ3) is 2.53. The van der Waals surface area contributed by atoms with Crippen LogP contribution in [-0.2, 0) is 4.79 Å². The van der Waals surface area contributed by atoms with Crippen LogP contribution in [0.3, 0.4) is 0 Å². The van der Waals surface area contributed by atoms with Gasteiger partial charge in [0.05, 0.1) is 5.54 Å². The van der Waals surface area contributed by atoms with Crippen molar-refractivity contribution < 1.29 is 4.79 Å². The van der Waals surface area contributed by atoms with Crippen molar-refractivity contribution in [1.82, 2.24) is 0 Å². The van der Waals surface area contributed by atoms with Crippen LogP contribution in [0.5, 0.6) is 0 Å². The van der Waals surface area contributed by atoms with Gasteiger partial charge in [-0.1, -0.05) is 26.2 Å². The Morgan fingerprint density at radius 3 is 2.46 bits per heavy atom. The highest BCUT2D eigenvalue weighted by Crippen LogP contribution is 2.29. The Kier molecular flexibility index (Phi) is 3.48. The van der Waals surface area contributed by atoms with Crippen molar-refractivity contribution in [3.8, 4) is 0 Å². The predicted molar refractivity (Wildman–Crippen MR) is 54.5 cm³/mol. The summed E-state index contributed by atoms with van der Waals surface area (Å²) in [6.45, 7) is 3.96. The van der Waals surface area contributed by atoms with Gasteiger partial charge in [-0.3, -0.25) is 4.79 Å². The van der Waals surface area contributed by atoms with Gasteiger partial charge >= 0.3 is 0 Å². The van der Waals surface area contributed by atoms with Crippen LogP contribution in [0, 0.1) is 5.92 Å². The van der Waals surface area contributed by atoms with Crippen molar-refractivity contribution in [2.45, 2.75) is 57.9 Å². The smallest absolute Gasteiger partial charge is 0.155 e. The van der Waals surface area contributed by atoms with E-state index in [0.717, 1.165) is 25.7 Å². The van der Waals surface area contributed by atoms with E-state index in [-0.39, 0.29) is 5.92 Å². The van der Waals surface area contributed by atoms with E-state index in [1.54, 1.807) is 0 Å². The molecule has 2 heteroatoms. The van der Waals surface area contributed by atoms with Crippen LogP contribution in [-0.4, -0.2) is 11.3 Å². The van der Waals surface area contributed by atoms with Gasteiger partial charge in [-0.15, -0.1) is 0 Å². The van der Waals surface area contributed by atoms with Crippen molar-refractivity contribution in [2.24, 2.45) is 11.7 Å². The molecule has 1 fully saturated rings. The number of carbonyl (C=O) groups excluding carboxylic acids is 1. The number of ketones is 1. The first-order valence-corrected chi connectivity index (χ1v) is 5.41. The second kappa shape index (κ2) is 4.23. The van der Waals surface area contributed by atoms with Crippen LogP contribution in [0.2, 0.25) is 0 Å². The molecule has 2 nitrogen and oxygen atoms in total. The van der Waals surface area contributed by atoms with Crippen LogP contribution < -0.4 is 5.73 Å². The van der Waals surface area contributed by atoms with Crippen molar-refractivity contribution >= 4 is 5.78 Å². The summed E-state index contributed by atoms with van der Waals surface area (Å²) >= 11 is 0. The fourth-order valence-electron chi connectivity index (χ4n) is 2.30. The van der Waals surface area contributed by atoms with Crippen molar-refractivity contribution in [2.75, 3.05) is 0 Å². The molecule has 0 aromatic carbocycles. The second-order valence-corrected chi connectivity index (χ2v) is 4.51. The van der Waals surface area contributed by atoms with E-state index >= 15 is 0 Å². The molecule has 1 saturated carbocycles. The first-order chi connectivity index (χ1) is 6.08. The molecule has 0 amide bonds. The van der Waals surface area contributed by atoms with Crippen LogP contribution in [0.25, 0.3) is 0 Å². The van der Waals surface area contributed by atoms with Gasteiger partial charge in [0.15, 0.2) is 5.78 Å². The Bertz CT molecular complexity index is 181. The maximum Gasteiger partial charge on any atom is 0.155 e. The van der Waals surface area contributed by atoms with Gasteiger partial charge in [0.1, 0.15) is 0 Å². The molecule has 1 unspecified atom stereocenters. The summed E-state index contributed by atoms with van der Waals surface area (Å²) in [7, 11) is 0. The van der Waals surface area contributed by atoms with E-state index in [2.05, 4.69) is 6.92 Å². The molecule has 0 aromatic rings. The summed E-state index contributed by atoms with van der Waals surface area (Å²) in [5, 5.41) is 0. The lowest BCUT2D eigenvalue weighted by molar-refractivity contribution is -0.127. The molecule has 0 radical (unpaired) electrons. The molecule has 0 bridgehead atoms. The molecule has 1 aliphatic carbocycles. The zero-order valence-corrected chi connectivity index (χ0v) is 8.81. The maximum atomic E-state index is 11.9. The van der Waals surface area contributed by atoms with E-state index in [4.69, 9.17) is 5.73 Å². The Hall–Kier alpha value is -0.370. The average Bonchev–Trinajstić information content (AvgIpc) is 2.54. The van der Waals surface area contributed by atoms with Crippen LogP contribution in [0.15, 0.2) is 0 Å². The van der Waals surface area contributed by atoms with E-state index in [9.17, 15) is 4.79 Å². The van der Waals surface area contributed by atoms with E-state index < -0.39 is 5.54 Å². The summed E-state index contributed by atoms with van der Waals surface area (Å²) in [4.78, 5) is 11.9. The minimum atomic E-state index is -0.566. The molecular weight excluding hydrogens is 162 g/mol. The molecular formula is C11H21NO. The molecule has 0 spiro atoms. The van der Waals surface area contributed by atoms with Crippen LogP contribution in [0.4, 0.5) is 0 Å². The minimum absolute atomic E-state index is 0.265. The van der Waals surface area contributed by atoms with Gasteiger partial charge in [0, 0.05) is 5.92 Å². The summed E-state index contributed by atoms with van der Waals surface area (Å²) in [5.74, 6) is 0.563. The number of hydrogen-bond donors (Lipinski definition) is 1. The molecule has 76 valence electrons.